The number of hydrogen-bond acceptors (Lipinski definition) is 1. The van der Waals surface area contributed by atoms with Crippen molar-refractivity contribution in [3.8, 4) is 0 Å². The van der Waals surface area contributed by atoms with E-state index >= 15 is 0 Å². The van der Waals surface area contributed by atoms with Gasteiger partial charge in [-0.3, -0.25) is 4.79 Å². The van der Waals surface area contributed by atoms with Crippen molar-refractivity contribution in [3.05, 3.63) is 65.9 Å². The van der Waals surface area contributed by atoms with E-state index in [-0.39, 0.29) is 5.91 Å². The Morgan fingerprint density at radius 1 is 1.05 bits per heavy atom. The number of rotatable bonds is 2. The zero-order valence-corrected chi connectivity index (χ0v) is 10.6. The van der Waals surface area contributed by atoms with Crippen LogP contribution in [-0.4, -0.2) is 10.9 Å². The molecule has 0 aliphatic carbocycles. The Morgan fingerprint density at radius 3 is 2.63 bits per heavy atom. The van der Waals surface area contributed by atoms with Crippen LogP contribution in [0.4, 0.5) is 5.69 Å². The minimum absolute atomic E-state index is 0.0969. The van der Waals surface area contributed by atoms with Crippen molar-refractivity contribution in [2.45, 2.75) is 6.92 Å². The Bertz CT molecular complexity index is 726. The summed E-state index contributed by atoms with van der Waals surface area (Å²) in [6.07, 6.45) is 1.87. The molecule has 0 atom stereocenters. The molecule has 0 saturated carbocycles. The second-order valence-corrected chi connectivity index (χ2v) is 4.60. The minimum Gasteiger partial charge on any atom is -0.361 e. The van der Waals surface area contributed by atoms with E-state index < -0.39 is 0 Å². The van der Waals surface area contributed by atoms with Gasteiger partial charge < -0.3 is 10.3 Å². The van der Waals surface area contributed by atoms with E-state index in [4.69, 9.17) is 0 Å². The van der Waals surface area contributed by atoms with Crippen LogP contribution in [0.25, 0.3) is 10.9 Å². The summed E-state index contributed by atoms with van der Waals surface area (Å²) >= 11 is 0. The molecular weight excluding hydrogens is 236 g/mol. The van der Waals surface area contributed by atoms with Crippen molar-refractivity contribution >= 4 is 22.5 Å². The lowest BCUT2D eigenvalue weighted by Gasteiger charge is -2.05. The topological polar surface area (TPSA) is 44.9 Å². The number of carbonyl (C=O) groups excluding carboxylic acids is 1. The monoisotopic (exact) mass is 250 g/mol. The maximum absolute atomic E-state index is 12.1. The number of benzene rings is 2. The predicted molar refractivity (Wildman–Crippen MR) is 77.4 cm³/mol. The first-order chi connectivity index (χ1) is 9.22. The van der Waals surface area contributed by atoms with Crippen molar-refractivity contribution in [2.24, 2.45) is 0 Å². The van der Waals surface area contributed by atoms with Crippen LogP contribution >= 0.6 is 0 Å². The zero-order valence-electron chi connectivity index (χ0n) is 10.6. The third-order valence-corrected chi connectivity index (χ3v) is 3.13. The van der Waals surface area contributed by atoms with Gasteiger partial charge in [0.15, 0.2) is 0 Å². The summed E-state index contributed by atoms with van der Waals surface area (Å²) in [5, 5.41) is 3.99. The Labute approximate surface area is 111 Å². The number of aromatic nitrogens is 1. The van der Waals surface area contributed by atoms with Crippen LogP contribution in [0.15, 0.2) is 54.7 Å². The van der Waals surface area contributed by atoms with Crippen LogP contribution in [-0.2, 0) is 0 Å². The van der Waals surface area contributed by atoms with Crippen LogP contribution < -0.4 is 5.32 Å². The molecule has 3 nitrogen and oxygen atoms in total. The number of anilines is 1. The van der Waals surface area contributed by atoms with Crippen molar-refractivity contribution in [1.82, 2.24) is 4.98 Å². The highest BCUT2D eigenvalue weighted by atomic mass is 16.1. The number of nitrogens with one attached hydrogen (secondary N) is 2. The fraction of sp³-hybridized carbons (Fsp3) is 0.0625. The van der Waals surface area contributed by atoms with Gasteiger partial charge in [0, 0.05) is 23.0 Å². The van der Waals surface area contributed by atoms with Gasteiger partial charge in [0.2, 0.25) is 0 Å². The van der Waals surface area contributed by atoms with E-state index in [0.29, 0.717) is 5.56 Å². The molecular formula is C16H14N2O. The molecule has 3 rings (SSSR count). The normalized spacial score (nSPS) is 10.6. The van der Waals surface area contributed by atoms with Gasteiger partial charge in [-0.15, -0.1) is 0 Å². The highest BCUT2D eigenvalue weighted by molar-refractivity contribution is 6.06. The highest BCUT2D eigenvalue weighted by Gasteiger charge is 2.07. The van der Waals surface area contributed by atoms with E-state index in [1.165, 1.54) is 5.56 Å². The smallest absolute Gasteiger partial charge is 0.255 e. The Balaban J connectivity index is 1.84. The van der Waals surface area contributed by atoms with Gasteiger partial charge in [0.05, 0.1) is 0 Å². The molecule has 1 amide bonds. The molecule has 3 heteroatoms. The van der Waals surface area contributed by atoms with Crippen molar-refractivity contribution in [3.63, 3.8) is 0 Å². The van der Waals surface area contributed by atoms with Gasteiger partial charge in [-0.25, -0.2) is 0 Å². The van der Waals surface area contributed by atoms with Gasteiger partial charge in [0.25, 0.3) is 5.91 Å². The van der Waals surface area contributed by atoms with Crippen LogP contribution in [0, 0.1) is 6.92 Å². The third kappa shape index (κ3) is 2.36. The minimum atomic E-state index is -0.0969. The van der Waals surface area contributed by atoms with E-state index in [1.54, 1.807) is 0 Å². The molecule has 1 heterocycles. The molecule has 2 N–H and O–H groups in total. The predicted octanol–water partition coefficient (Wildman–Crippen LogP) is 3.73. The quantitative estimate of drug-likeness (QED) is 0.715. The molecule has 0 unspecified atom stereocenters. The lowest BCUT2D eigenvalue weighted by atomic mass is 10.1. The number of H-pyrrole nitrogens is 1. The summed E-state index contributed by atoms with van der Waals surface area (Å²) in [5.41, 5.74) is 3.60. The van der Waals surface area contributed by atoms with Gasteiger partial charge in [-0.2, -0.15) is 0 Å². The van der Waals surface area contributed by atoms with Gasteiger partial charge in [-0.1, -0.05) is 23.8 Å². The molecule has 94 valence electrons. The molecule has 0 fully saturated rings. The van der Waals surface area contributed by atoms with E-state index in [0.717, 1.165) is 16.6 Å². The fourth-order valence-electron chi connectivity index (χ4n) is 2.03. The SMILES string of the molecule is Cc1ccc(NC(=O)c2ccc3cc[nH]c3c2)cc1. The molecule has 0 aliphatic rings. The molecule has 19 heavy (non-hydrogen) atoms. The highest BCUT2D eigenvalue weighted by Crippen LogP contribution is 2.16. The molecule has 2 aromatic carbocycles. The fourth-order valence-corrected chi connectivity index (χ4v) is 2.03. The molecule has 0 saturated heterocycles. The number of fused-ring (bicyclic) bond motifs is 1. The average molecular weight is 250 g/mol. The summed E-state index contributed by atoms with van der Waals surface area (Å²) in [7, 11) is 0. The number of aromatic amines is 1. The van der Waals surface area contributed by atoms with Crippen LogP contribution in [0.1, 0.15) is 15.9 Å². The van der Waals surface area contributed by atoms with Crippen molar-refractivity contribution in [1.29, 1.82) is 0 Å². The third-order valence-electron chi connectivity index (χ3n) is 3.13. The van der Waals surface area contributed by atoms with Crippen LogP contribution in [0.2, 0.25) is 0 Å². The summed E-state index contributed by atoms with van der Waals surface area (Å²) < 4.78 is 0. The molecule has 1 aromatic heterocycles. The number of amides is 1. The number of carbonyl (C=O) groups is 1. The maximum atomic E-state index is 12.1. The lowest BCUT2D eigenvalue weighted by Crippen LogP contribution is -2.11. The Hall–Kier alpha value is -2.55. The standard InChI is InChI=1S/C16H14N2O/c1-11-2-6-14(7-3-11)18-16(19)13-5-4-12-8-9-17-15(12)10-13/h2-10,17H,1H3,(H,18,19). The van der Waals surface area contributed by atoms with Gasteiger partial charge >= 0.3 is 0 Å². The zero-order chi connectivity index (χ0) is 13.2. The summed E-state index contributed by atoms with van der Waals surface area (Å²) in [5.74, 6) is -0.0969. The lowest BCUT2D eigenvalue weighted by molar-refractivity contribution is 0.102. The average Bonchev–Trinajstić information content (AvgIpc) is 2.88. The molecule has 0 radical (unpaired) electrons. The Morgan fingerprint density at radius 2 is 1.84 bits per heavy atom. The molecule has 0 spiro atoms. The maximum Gasteiger partial charge on any atom is 0.255 e. The second kappa shape index (κ2) is 4.61. The number of hydrogen-bond donors (Lipinski definition) is 2. The van der Waals surface area contributed by atoms with Crippen molar-refractivity contribution < 1.29 is 4.79 Å². The molecule has 0 aliphatic heterocycles. The van der Waals surface area contributed by atoms with Gasteiger partial charge in [-0.05, 0) is 42.6 Å². The van der Waals surface area contributed by atoms with Crippen LogP contribution in [0.5, 0.6) is 0 Å². The van der Waals surface area contributed by atoms with Gasteiger partial charge in [0.1, 0.15) is 0 Å². The first kappa shape index (κ1) is 11.5. The molecule has 0 bridgehead atoms. The largest absolute Gasteiger partial charge is 0.361 e. The molecule has 3 aromatic rings. The Kier molecular flexibility index (Phi) is 2.80. The van der Waals surface area contributed by atoms with E-state index in [1.807, 2.05) is 61.7 Å². The summed E-state index contributed by atoms with van der Waals surface area (Å²) in [6.45, 7) is 2.02. The summed E-state index contributed by atoms with van der Waals surface area (Å²) in [6, 6.07) is 15.4. The van der Waals surface area contributed by atoms with E-state index in [2.05, 4.69) is 10.3 Å². The number of aryl methyl sites for hydroxylation is 1. The first-order valence-electron chi connectivity index (χ1n) is 6.17. The van der Waals surface area contributed by atoms with Crippen LogP contribution in [0.3, 0.4) is 0 Å². The first-order valence-corrected chi connectivity index (χ1v) is 6.17. The second-order valence-electron chi connectivity index (χ2n) is 4.60. The summed E-state index contributed by atoms with van der Waals surface area (Å²) in [4.78, 5) is 15.2. The van der Waals surface area contributed by atoms with Crippen molar-refractivity contribution in [2.75, 3.05) is 5.32 Å². The van der Waals surface area contributed by atoms with E-state index in [9.17, 15) is 4.79 Å².